The highest BCUT2D eigenvalue weighted by Crippen LogP contribution is 2.26. The Hall–Kier alpha value is -1.71. The average molecular weight is 694 g/mol. The lowest BCUT2D eigenvalue weighted by Gasteiger charge is -2.32. The third-order valence-corrected chi connectivity index (χ3v) is 9.49. The topological polar surface area (TPSA) is 90.9 Å². The van der Waals surface area contributed by atoms with Crippen LogP contribution >= 0.6 is 0 Å². The van der Waals surface area contributed by atoms with Crippen molar-refractivity contribution < 1.29 is 18.9 Å². The molecule has 0 saturated carbocycles. The minimum Gasteiger partial charge on any atom is -0.464 e. The maximum absolute atomic E-state index is 5.85. The molecule has 2 unspecified atom stereocenters. The largest absolute Gasteiger partial charge is 0.464 e. The van der Waals surface area contributed by atoms with Crippen molar-refractivity contribution in [2.24, 2.45) is 11.8 Å². The maximum Gasteiger partial charge on any atom is 0.323 e. The van der Waals surface area contributed by atoms with Crippen molar-refractivity contribution in [3.8, 4) is 6.01 Å². The fourth-order valence-corrected chi connectivity index (χ4v) is 6.54. The summed E-state index contributed by atoms with van der Waals surface area (Å²) >= 11 is 0. The highest BCUT2D eigenvalue weighted by atomic mass is 16.9. The molecular formula is C40H79N5O4. The Labute approximate surface area is 302 Å². The van der Waals surface area contributed by atoms with E-state index >= 15 is 0 Å². The van der Waals surface area contributed by atoms with Crippen molar-refractivity contribution >= 4 is 11.9 Å². The molecule has 0 bridgehead atoms. The Morgan fingerprint density at radius 1 is 0.571 bits per heavy atom. The van der Waals surface area contributed by atoms with Crippen LogP contribution in [0.2, 0.25) is 0 Å². The number of nitrogens with zero attached hydrogens (tertiary/aromatic N) is 4. The summed E-state index contributed by atoms with van der Waals surface area (Å²) in [6.07, 6.45) is 23.0. The Balaban J connectivity index is 2.56. The van der Waals surface area contributed by atoms with Gasteiger partial charge >= 0.3 is 6.01 Å². The smallest absolute Gasteiger partial charge is 0.323 e. The van der Waals surface area contributed by atoms with Crippen LogP contribution in [0.1, 0.15) is 177 Å². The van der Waals surface area contributed by atoms with Gasteiger partial charge in [-0.2, -0.15) is 15.0 Å². The molecule has 1 N–H and O–H groups in total. The van der Waals surface area contributed by atoms with Crippen LogP contribution in [0.3, 0.4) is 0 Å². The molecule has 0 amide bonds. The summed E-state index contributed by atoms with van der Waals surface area (Å²) in [7, 11) is 0. The van der Waals surface area contributed by atoms with E-state index in [9.17, 15) is 0 Å². The van der Waals surface area contributed by atoms with Gasteiger partial charge in [0, 0.05) is 45.9 Å². The lowest BCUT2D eigenvalue weighted by Crippen LogP contribution is -2.39. The highest BCUT2D eigenvalue weighted by molar-refractivity contribution is 5.38. The van der Waals surface area contributed by atoms with Crippen LogP contribution in [0.5, 0.6) is 6.01 Å². The first-order valence-electron chi connectivity index (χ1n) is 20.7. The number of aromatic nitrogens is 3. The Bertz CT molecular complexity index is 857. The van der Waals surface area contributed by atoms with Crippen molar-refractivity contribution in [3.05, 3.63) is 0 Å². The molecule has 9 heteroatoms. The van der Waals surface area contributed by atoms with Crippen molar-refractivity contribution in [2.45, 2.75) is 183 Å². The first-order chi connectivity index (χ1) is 23.9. The number of ether oxygens (including phenoxy) is 4. The molecule has 0 spiro atoms. The van der Waals surface area contributed by atoms with Crippen LogP contribution in [0.15, 0.2) is 0 Å². The number of unbranched alkanes of at least 4 members (excludes halogenated alkanes) is 11. The van der Waals surface area contributed by atoms with E-state index in [-0.39, 0.29) is 0 Å². The van der Waals surface area contributed by atoms with Gasteiger partial charge in [0.15, 0.2) is 0 Å². The molecule has 0 fully saturated rings. The first-order valence-corrected chi connectivity index (χ1v) is 20.7. The Kier molecular flexibility index (Phi) is 27.7. The summed E-state index contributed by atoms with van der Waals surface area (Å²) in [4.78, 5) is 16.9. The molecule has 288 valence electrons. The predicted molar refractivity (Wildman–Crippen MR) is 207 cm³/mol. The Morgan fingerprint density at radius 2 is 1.06 bits per heavy atom. The number of hydrogen-bond donors (Lipinski definition) is 1. The second-order valence-corrected chi connectivity index (χ2v) is 13.6. The van der Waals surface area contributed by atoms with E-state index in [1.807, 2.05) is 27.7 Å². The van der Waals surface area contributed by atoms with Gasteiger partial charge < -0.3 is 29.2 Å². The zero-order valence-corrected chi connectivity index (χ0v) is 33.5. The maximum atomic E-state index is 5.85. The fraction of sp³-hybridized carbons (Fsp3) is 0.925. The van der Waals surface area contributed by atoms with Gasteiger partial charge in [0.1, 0.15) is 0 Å². The van der Waals surface area contributed by atoms with E-state index < -0.39 is 5.97 Å². The second-order valence-electron chi connectivity index (χ2n) is 13.6. The fourth-order valence-electron chi connectivity index (χ4n) is 6.54. The minimum absolute atomic E-state index is 0.431. The zero-order chi connectivity index (χ0) is 36.0. The van der Waals surface area contributed by atoms with Crippen LogP contribution in [0, 0.1) is 11.8 Å². The predicted octanol–water partition coefficient (Wildman–Crippen LogP) is 11.0. The lowest BCUT2D eigenvalue weighted by molar-refractivity contribution is -0.380. The molecule has 0 saturated heterocycles. The molecule has 0 aliphatic carbocycles. The molecule has 2 atom stereocenters. The van der Waals surface area contributed by atoms with E-state index in [1.165, 1.54) is 103 Å². The number of hydrogen-bond acceptors (Lipinski definition) is 9. The van der Waals surface area contributed by atoms with E-state index in [0.29, 0.717) is 50.2 Å². The number of anilines is 2. The first kappa shape index (κ1) is 45.3. The van der Waals surface area contributed by atoms with Gasteiger partial charge in [0.05, 0.1) is 6.61 Å². The number of rotatable bonds is 35. The normalized spacial score (nSPS) is 13.1. The van der Waals surface area contributed by atoms with Crippen molar-refractivity contribution in [1.82, 2.24) is 15.0 Å². The third-order valence-electron chi connectivity index (χ3n) is 9.49. The van der Waals surface area contributed by atoms with Crippen molar-refractivity contribution in [2.75, 3.05) is 56.3 Å². The molecule has 9 nitrogen and oxygen atoms in total. The summed E-state index contributed by atoms with van der Waals surface area (Å²) in [5.41, 5.74) is 0. The van der Waals surface area contributed by atoms with Gasteiger partial charge in [-0.25, -0.2) is 0 Å². The van der Waals surface area contributed by atoms with Gasteiger partial charge in [0.25, 0.3) is 5.97 Å². The van der Waals surface area contributed by atoms with Crippen LogP contribution in [-0.2, 0) is 14.2 Å². The molecule has 0 aliphatic rings. The van der Waals surface area contributed by atoms with Crippen LogP contribution in [-0.4, -0.2) is 67.0 Å². The summed E-state index contributed by atoms with van der Waals surface area (Å²) in [6.45, 7) is 22.4. The molecule has 0 radical (unpaired) electrons. The van der Waals surface area contributed by atoms with Crippen LogP contribution < -0.4 is 15.0 Å². The summed E-state index contributed by atoms with van der Waals surface area (Å²) < 4.78 is 23.4. The molecule has 0 aliphatic heterocycles. The van der Waals surface area contributed by atoms with Gasteiger partial charge in [-0.3, -0.25) is 0 Å². The standard InChI is InChI=1S/C40H79N5O4/c1-9-17-29-35(11-3)33-45(34-36(12-4)30-18-10-2)38-42-37(43-39(44-38)46-13-5)41-32-28-26-24-22-20-19-21-23-25-27-31-40(47-14-6,48-15-7)49-16-8/h35-36H,9-34H2,1-8H3,(H,41,42,43,44). The molecule has 49 heavy (non-hydrogen) atoms. The molecule has 1 aromatic rings. The monoisotopic (exact) mass is 694 g/mol. The van der Waals surface area contributed by atoms with E-state index in [1.54, 1.807) is 0 Å². The highest BCUT2D eigenvalue weighted by Gasteiger charge is 2.31. The van der Waals surface area contributed by atoms with Gasteiger partial charge in [-0.15, -0.1) is 0 Å². The number of nitrogens with one attached hydrogen (secondary N) is 1. The Morgan fingerprint density at radius 3 is 1.51 bits per heavy atom. The average Bonchev–Trinajstić information content (AvgIpc) is 3.10. The quantitative estimate of drug-likeness (QED) is 0.0551. The molecule has 1 rings (SSSR count). The van der Waals surface area contributed by atoms with E-state index in [2.05, 4.69) is 42.9 Å². The molecular weight excluding hydrogens is 614 g/mol. The van der Waals surface area contributed by atoms with Crippen molar-refractivity contribution in [3.63, 3.8) is 0 Å². The van der Waals surface area contributed by atoms with E-state index in [0.717, 1.165) is 44.8 Å². The molecule has 0 aromatic carbocycles. The third kappa shape index (κ3) is 20.7. The van der Waals surface area contributed by atoms with Crippen molar-refractivity contribution in [1.29, 1.82) is 0 Å². The SMILES string of the molecule is CCCCC(CC)CN(CC(CC)CCCC)c1nc(NCCCCCCCCCCCCC(OCC)(OCC)OCC)nc(OCC)n1. The van der Waals surface area contributed by atoms with Gasteiger partial charge in [-0.1, -0.05) is 118 Å². The zero-order valence-electron chi connectivity index (χ0n) is 33.5. The van der Waals surface area contributed by atoms with Gasteiger partial charge in [-0.05, 0) is 65.2 Å². The molecule has 1 aromatic heterocycles. The lowest BCUT2D eigenvalue weighted by atomic mass is 9.96. The summed E-state index contributed by atoms with van der Waals surface area (Å²) in [5.74, 6) is 1.83. The summed E-state index contributed by atoms with van der Waals surface area (Å²) in [6, 6.07) is 0.431. The van der Waals surface area contributed by atoms with Crippen LogP contribution in [0.4, 0.5) is 11.9 Å². The van der Waals surface area contributed by atoms with E-state index in [4.69, 9.17) is 28.9 Å². The second kappa shape index (κ2) is 30.0. The minimum atomic E-state index is -0.858. The molecule has 1 heterocycles. The van der Waals surface area contributed by atoms with Gasteiger partial charge in [0.2, 0.25) is 11.9 Å². The summed E-state index contributed by atoms with van der Waals surface area (Å²) in [5, 5.41) is 3.51. The van der Waals surface area contributed by atoms with Crippen LogP contribution in [0.25, 0.3) is 0 Å².